The maximum atomic E-state index is 12.3. The molecular formula is C17H27N3O. The molecule has 1 aliphatic rings. The largest absolute Gasteiger partial charge is 0.342 e. The molecule has 0 aliphatic carbocycles. The fraction of sp³-hybridized carbons (Fsp3) is 0.647. The first-order valence-corrected chi connectivity index (χ1v) is 7.84. The predicted octanol–water partition coefficient (Wildman–Crippen LogP) is 2.77. The fourth-order valence-corrected chi connectivity index (χ4v) is 2.79. The molecule has 0 saturated carbocycles. The monoisotopic (exact) mass is 289 g/mol. The zero-order chi connectivity index (χ0) is 15.5. The van der Waals surface area contributed by atoms with Gasteiger partial charge in [0.1, 0.15) is 0 Å². The quantitative estimate of drug-likeness (QED) is 0.930. The Labute approximate surface area is 127 Å². The number of carbonyl (C=O) groups excluding carboxylic acids is 1. The molecule has 1 fully saturated rings. The van der Waals surface area contributed by atoms with Crippen LogP contribution in [-0.4, -0.2) is 34.9 Å². The molecule has 1 amide bonds. The first kappa shape index (κ1) is 16.0. The van der Waals surface area contributed by atoms with E-state index in [0.717, 1.165) is 31.6 Å². The van der Waals surface area contributed by atoms with Crippen molar-refractivity contribution in [2.75, 3.05) is 13.1 Å². The van der Waals surface area contributed by atoms with Crippen LogP contribution in [0.1, 0.15) is 52.3 Å². The van der Waals surface area contributed by atoms with E-state index in [1.807, 2.05) is 44.0 Å². The lowest BCUT2D eigenvalue weighted by molar-refractivity contribution is -0.140. The van der Waals surface area contributed by atoms with Crippen LogP contribution in [0, 0.1) is 5.41 Å². The average Bonchev–Trinajstić information content (AvgIpc) is 2.47. The number of pyridine rings is 1. The Morgan fingerprint density at radius 1 is 1.33 bits per heavy atom. The number of carbonyl (C=O) groups is 1. The van der Waals surface area contributed by atoms with Crippen LogP contribution in [0.3, 0.4) is 0 Å². The molecule has 2 rings (SSSR count). The van der Waals surface area contributed by atoms with Gasteiger partial charge < -0.3 is 10.2 Å². The molecule has 0 bridgehead atoms. The molecule has 0 spiro atoms. The van der Waals surface area contributed by atoms with Crippen molar-refractivity contribution >= 4 is 5.91 Å². The van der Waals surface area contributed by atoms with Gasteiger partial charge >= 0.3 is 0 Å². The summed E-state index contributed by atoms with van der Waals surface area (Å²) >= 11 is 0. The van der Waals surface area contributed by atoms with E-state index >= 15 is 0 Å². The van der Waals surface area contributed by atoms with Gasteiger partial charge in [0.25, 0.3) is 0 Å². The first-order chi connectivity index (χ1) is 9.88. The molecule has 1 aromatic rings. The Hall–Kier alpha value is -1.42. The third-order valence-corrected chi connectivity index (χ3v) is 4.04. The van der Waals surface area contributed by atoms with E-state index in [1.165, 1.54) is 0 Å². The number of rotatable bonds is 3. The summed E-state index contributed by atoms with van der Waals surface area (Å²) in [6, 6.07) is 6.72. The summed E-state index contributed by atoms with van der Waals surface area (Å²) < 4.78 is 0. The zero-order valence-electron chi connectivity index (χ0n) is 13.6. The Balaban J connectivity index is 1.83. The van der Waals surface area contributed by atoms with Crippen molar-refractivity contribution in [1.82, 2.24) is 15.2 Å². The molecule has 4 nitrogen and oxygen atoms in total. The van der Waals surface area contributed by atoms with Gasteiger partial charge in [-0.1, -0.05) is 26.8 Å². The van der Waals surface area contributed by atoms with Crippen LogP contribution in [0.15, 0.2) is 24.4 Å². The summed E-state index contributed by atoms with van der Waals surface area (Å²) in [7, 11) is 0. The minimum atomic E-state index is -0.276. The Kier molecular flexibility index (Phi) is 4.99. The van der Waals surface area contributed by atoms with Crippen molar-refractivity contribution in [2.24, 2.45) is 5.41 Å². The van der Waals surface area contributed by atoms with E-state index in [4.69, 9.17) is 0 Å². The second-order valence-electron chi connectivity index (χ2n) is 6.96. The van der Waals surface area contributed by atoms with Crippen LogP contribution in [-0.2, 0) is 4.79 Å². The molecule has 1 unspecified atom stereocenters. The third kappa shape index (κ3) is 4.27. The maximum absolute atomic E-state index is 12.3. The van der Waals surface area contributed by atoms with Gasteiger partial charge in [-0.2, -0.15) is 0 Å². The third-order valence-electron chi connectivity index (χ3n) is 4.04. The highest BCUT2D eigenvalue weighted by Crippen LogP contribution is 2.22. The van der Waals surface area contributed by atoms with E-state index in [2.05, 4.69) is 23.3 Å². The molecule has 0 aromatic carbocycles. The van der Waals surface area contributed by atoms with Crippen molar-refractivity contribution < 1.29 is 4.79 Å². The number of hydrogen-bond acceptors (Lipinski definition) is 3. The summed E-state index contributed by atoms with van der Waals surface area (Å²) in [6.07, 6.45) is 3.86. The van der Waals surface area contributed by atoms with Crippen LogP contribution in [0.2, 0.25) is 0 Å². The molecule has 1 aromatic heterocycles. The highest BCUT2D eigenvalue weighted by molar-refractivity contribution is 5.81. The highest BCUT2D eigenvalue weighted by Gasteiger charge is 2.30. The lowest BCUT2D eigenvalue weighted by Crippen LogP contribution is -2.48. The van der Waals surface area contributed by atoms with Gasteiger partial charge in [-0.25, -0.2) is 0 Å². The summed E-state index contributed by atoms with van der Waals surface area (Å²) in [4.78, 5) is 18.7. The van der Waals surface area contributed by atoms with E-state index in [1.54, 1.807) is 0 Å². The van der Waals surface area contributed by atoms with Crippen LogP contribution in [0.4, 0.5) is 0 Å². The molecule has 116 valence electrons. The van der Waals surface area contributed by atoms with Crippen LogP contribution < -0.4 is 5.32 Å². The van der Waals surface area contributed by atoms with Gasteiger partial charge in [-0.3, -0.25) is 9.78 Å². The van der Waals surface area contributed by atoms with Gasteiger partial charge in [-0.15, -0.1) is 0 Å². The number of nitrogens with zero attached hydrogens (tertiary/aromatic N) is 2. The predicted molar refractivity (Wildman–Crippen MR) is 84.8 cm³/mol. The van der Waals surface area contributed by atoms with Gasteiger partial charge in [0.05, 0.1) is 5.69 Å². The Bertz CT molecular complexity index is 459. The number of aromatic nitrogens is 1. The summed E-state index contributed by atoms with van der Waals surface area (Å²) in [5.74, 6) is 0.263. The number of piperidine rings is 1. The van der Waals surface area contributed by atoms with Gasteiger partial charge in [0.2, 0.25) is 5.91 Å². The lowest BCUT2D eigenvalue weighted by Gasteiger charge is -2.36. The van der Waals surface area contributed by atoms with Crippen molar-refractivity contribution in [1.29, 1.82) is 0 Å². The van der Waals surface area contributed by atoms with Gasteiger partial charge in [0.15, 0.2) is 0 Å². The number of hydrogen-bond donors (Lipinski definition) is 1. The smallest absolute Gasteiger partial charge is 0.227 e. The molecule has 1 N–H and O–H groups in total. The molecule has 21 heavy (non-hydrogen) atoms. The molecule has 4 heteroatoms. The van der Waals surface area contributed by atoms with Crippen molar-refractivity contribution in [3.05, 3.63) is 30.1 Å². The standard InChI is InChI=1S/C17H27N3O/c1-13(15-7-5-6-10-18-15)19-14-8-11-20(12-9-14)16(21)17(2,3)4/h5-7,10,13-14,19H,8-9,11-12H2,1-4H3. The van der Waals surface area contributed by atoms with Gasteiger partial charge in [-0.05, 0) is 31.9 Å². The normalized spacial score (nSPS) is 18.6. The van der Waals surface area contributed by atoms with Crippen molar-refractivity contribution in [2.45, 2.75) is 52.6 Å². The molecule has 0 radical (unpaired) electrons. The summed E-state index contributed by atoms with van der Waals surface area (Å²) in [5, 5.41) is 3.63. The lowest BCUT2D eigenvalue weighted by atomic mass is 9.93. The molecule has 1 aliphatic heterocycles. The van der Waals surface area contributed by atoms with Crippen LogP contribution in [0.25, 0.3) is 0 Å². The average molecular weight is 289 g/mol. The first-order valence-electron chi connectivity index (χ1n) is 7.84. The number of nitrogens with one attached hydrogen (secondary N) is 1. The minimum absolute atomic E-state index is 0.251. The second-order valence-corrected chi connectivity index (χ2v) is 6.96. The van der Waals surface area contributed by atoms with E-state index < -0.39 is 0 Å². The molecular weight excluding hydrogens is 262 g/mol. The highest BCUT2D eigenvalue weighted by atomic mass is 16.2. The van der Waals surface area contributed by atoms with Crippen LogP contribution in [0.5, 0.6) is 0 Å². The Morgan fingerprint density at radius 3 is 2.52 bits per heavy atom. The summed E-state index contributed by atoms with van der Waals surface area (Å²) in [5.41, 5.74) is 0.798. The topological polar surface area (TPSA) is 45.2 Å². The number of amides is 1. The van der Waals surface area contributed by atoms with E-state index in [0.29, 0.717) is 6.04 Å². The van der Waals surface area contributed by atoms with E-state index in [9.17, 15) is 4.79 Å². The van der Waals surface area contributed by atoms with Crippen molar-refractivity contribution in [3.63, 3.8) is 0 Å². The number of likely N-dealkylation sites (tertiary alicyclic amines) is 1. The SMILES string of the molecule is CC(NC1CCN(C(=O)C(C)(C)C)CC1)c1ccccn1. The second kappa shape index (κ2) is 6.56. The summed E-state index contributed by atoms with van der Waals surface area (Å²) in [6.45, 7) is 9.81. The zero-order valence-corrected chi connectivity index (χ0v) is 13.6. The molecule has 2 heterocycles. The maximum Gasteiger partial charge on any atom is 0.227 e. The van der Waals surface area contributed by atoms with Gasteiger partial charge in [0, 0.05) is 36.8 Å². The minimum Gasteiger partial charge on any atom is -0.342 e. The molecule has 1 saturated heterocycles. The van der Waals surface area contributed by atoms with Crippen LogP contribution >= 0.6 is 0 Å². The fourth-order valence-electron chi connectivity index (χ4n) is 2.79. The molecule has 1 atom stereocenters. The van der Waals surface area contributed by atoms with E-state index in [-0.39, 0.29) is 17.4 Å². The Morgan fingerprint density at radius 2 is 2.00 bits per heavy atom. The van der Waals surface area contributed by atoms with Crippen molar-refractivity contribution in [3.8, 4) is 0 Å².